The molecule has 5 N–H and O–H groups in total. The molecule has 0 aromatic heterocycles. The van der Waals surface area contributed by atoms with E-state index in [1.807, 2.05) is 0 Å². The van der Waals surface area contributed by atoms with E-state index in [0.717, 1.165) is 19.2 Å². The number of nitrogens with one attached hydrogen (secondary N) is 2. The molecule has 0 saturated carbocycles. The molecule has 2 amide bonds. The minimum absolute atomic E-state index is 0.0432. The van der Waals surface area contributed by atoms with Crippen LogP contribution in [-0.4, -0.2) is 44.7 Å². The lowest BCUT2D eigenvalue weighted by atomic mass is 10.2. The highest BCUT2D eigenvalue weighted by Crippen LogP contribution is 2.27. The van der Waals surface area contributed by atoms with Crippen molar-refractivity contribution in [2.75, 3.05) is 19.0 Å². The number of benzene rings is 1. The maximum atomic E-state index is 11.8. The van der Waals surface area contributed by atoms with Gasteiger partial charge in [-0.05, 0) is 24.6 Å². The van der Waals surface area contributed by atoms with Crippen LogP contribution >= 0.6 is 11.6 Å². The Hall–Kier alpha value is -1.88. The van der Waals surface area contributed by atoms with Crippen LogP contribution in [0.4, 0.5) is 10.5 Å². The van der Waals surface area contributed by atoms with Crippen LogP contribution in [0.25, 0.3) is 0 Å². The summed E-state index contributed by atoms with van der Waals surface area (Å²) >= 11 is 5.87. The number of methoxy groups -OCH3 is 1. The van der Waals surface area contributed by atoms with Crippen LogP contribution in [0.1, 0.15) is 5.56 Å². The van der Waals surface area contributed by atoms with Crippen LogP contribution < -0.4 is 16.4 Å². The van der Waals surface area contributed by atoms with Crippen molar-refractivity contribution >= 4 is 39.4 Å². The van der Waals surface area contributed by atoms with E-state index < -0.39 is 33.1 Å². The van der Waals surface area contributed by atoms with E-state index >= 15 is 0 Å². The zero-order valence-corrected chi connectivity index (χ0v) is 13.9. The summed E-state index contributed by atoms with van der Waals surface area (Å²) in [6.45, 7) is 1.36. The number of amides is 2. The first-order valence-corrected chi connectivity index (χ1v) is 8.04. The molecule has 0 saturated heterocycles. The van der Waals surface area contributed by atoms with E-state index in [2.05, 4.69) is 15.4 Å². The number of anilines is 1. The first kappa shape index (κ1) is 19.2. The molecule has 0 aliphatic carbocycles. The van der Waals surface area contributed by atoms with Crippen molar-refractivity contribution in [3.8, 4) is 0 Å². The molecule has 23 heavy (non-hydrogen) atoms. The summed E-state index contributed by atoms with van der Waals surface area (Å²) in [4.78, 5) is 22.4. The zero-order valence-electron chi connectivity index (χ0n) is 12.3. The van der Waals surface area contributed by atoms with Gasteiger partial charge >= 0.3 is 12.0 Å². The Bertz CT molecular complexity index is 722. The maximum Gasteiger partial charge on any atom is 0.324 e. The van der Waals surface area contributed by atoms with E-state index in [4.69, 9.17) is 21.9 Å². The number of rotatable bonds is 5. The molecule has 0 heterocycles. The minimum Gasteiger partial charge on any atom is -0.468 e. The summed E-state index contributed by atoms with van der Waals surface area (Å²) in [6, 6.07) is 0.328. The highest BCUT2D eigenvalue weighted by molar-refractivity contribution is 7.85. The summed E-state index contributed by atoms with van der Waals surface area (Å²) < 4.78 is 35.8. The van der Waals surface area contributed by atoms with Crippen LogP contribution in [0.3, 0.4) is 0 Å². The van der Waals surface area contributed by atoms with Crippen molar-refractivity contribution in [1.29, 1.82) is 0 Å². The third kappa shape index (κ3) is 5.36. The second-order valence-corrected chi connectivity index (χ2v) is 6.35. The number of nitrogens with two attached hydrogens (primary N) is 1. The van der Waals surface area contributed by atoms with E-state index in [9.17, 15) is 18.0 Å². The summed E-state index contributed by atoms with van der Waals surface area (Å²) in [6.07, 6.45) is 0. The lowest BCUT2D eigenvalue weighted by Gasteiger charge is -2.14. The van der Waals surface area contributed by atoms with Gasteiger partial charge in [-0.3, -0.25) is 9.35 Å². The smallest absolute Gasteiger partial charge is 0.324 e. The van der Waals surface area contributed by atoms with Crippen LogP contribution in [0.5, 0.6) is 0 Å². The normalized spacial score (nSPS) is 12.4. The van der Waals surface area contributed by atoms with Crippen molar-refractivity contribution in [3.63, 3.8) is 0 Å². The standard InChI is InChI=1S/C12H16ClN3O6S/c1-6-8(13)3-7(23(19,20)21)4-10(6)16-12(18)15-5-9(14)11(17)22-2/h3-4,9H,5,14H2,1-2H3,(H2,15,16,18)(H,19,20,21)/t9-/m0/s1. The van der Waals surface area contributed by atoms with Gasteiger partial charge in [0.25, 0.3) is 10.1 Å². The molecular formula is C12H16ClN3O6S. The van der Waals surface area contributed by atoms with E-state index in [0.29, 0.717) is 5.56 Å². The lowest BCUT2D eigenvalue weighted by molar-refractivity contribution is -0.141. The van der Waals surface area contributed by atoms with E-state index in [1.54, 1.807) is 6.92 Å². The SMILES string of the molecule is COC(=O)[C@@H](N)CNC(=O)Nc1cc(S(=O)(=O)O)cc(Cl)c1C. The summed E-state index contributed by atoms with van der Waals surface area (Å²) in [5.41, 5.74) is 5.93. The minimum atomic E-state index is -4.48. The lowest BCUT2D eigenvalue weighted by Crippen LogP contribution is -2.44. The highest BCUT2D eigenvalue weighted by atomic mass is 35.5. The molecule has 1 aromatic carbocycles. The molecule has 0 unspecified atom stereocenters. The van der Waals surface area contributed by atoms with Gasteiger partial charge < -0.3 is 21.1 Å². The third-order valence-electron chi connectivity index (χ3n) is 2.85. The van der Waals surface area contributed by atoms with Crippen molar-refractivity contribution in [2.45, 2.75) is 17.9 Å². The van der Waals surface area contributed by atoms with Crippen LogP contribution in [0.15, 0.2) is 17.0 Å². The maximum absolute atomic E-state index is 11.8. The zero-order chi connectivity index (χ0) is 17.8. The number of carbonyl (C=O) groups is 2. The molecule has 11 heteroatoms. The number of carbonyl (C=O) groups excluding carboxylic acids is 2. The Labute approximate surface area is 137 Å². The molecule has 128 valence electrons. The Morgan fingerprint density at radius 2 is 2.04 bits per heavy atom. The van der Waals surface area contributed by atoms with Crippen molar-refractivity contribution in [3.05, 3.63) is 22.7 Å². The molecule has 1 aromatic rings. The van der Waals surface area contributed by atoms with Crippen molar-refractivity contribution < 1.29 is 27.3 Å². The first-order valence-electron chi connectivity index (χ1n) is 6.22. The van der Waals surface area contributed by atoms with Gasteiger partial charge in [-0.25, -0.2) is 4.79 Å². The molecule has 0 radical (unpaired) electrons. The Morgan fingerprint density at radius 3 is 2.57 bits per heavy atom. The molecule has 0 aliphatic rings. The van der Waals surface area contributed by atoms with Crippen LogP contribution in [-0.2, 0) is 19.6 Å². The van der Waals surface area contributed by atoms with Crippen molar-refractivity contribution in [1.82, 2.24) is 5.32 Å². The fourth-order valence-corrected chi connectivity index (χ4v) is 2.35. The van der Waals surface area contributed by atoms with E-state index in [1.165, 1.54) is 0 Å². The second kappa shape index (κ2) is 7.59. The quantitative estimate of drug-likeness (QED) is 0.439. The topological polar surface area (TPSA) is 148 Å². The fraction of sp³-hybridized carbons (Fsp3) is 0.333. The monoisotopic (exact) mass is 365 g/mol. The molecule has 1 rings (SSSR count). The fourth-order valence-electron chi connectivity index (χ4n) is 1.54. The predicted octanol–water partition coefficient (Wildman–Crippen LogP) is 0.517. The van der Waals surface area contributed by atoms with Gasteiger partial charge in [0.2, 0.25) is 0 Å². The number of urea groups is 1. The van der Waals surface area contributed by atoms with Crippen molar-refractivity contribution in [2.24, 2.45) is 5.73 Å². The van der Waals surface area contributed by atoms with Gasteiger partial charge in [0.1, 0.15) is 6.04 Å². The molecular weight excluding hydrogens is 350 g/mol. The molecule has 0 bridgehead atoms. The number of halogens is 1. The van der Waals surface area contributed by atoms with Crippen LogP contribution in [0.2, 0.25) is 5.02 Å². The Balaban J connectivity index is 2.86. The number of hydrogen-bond acceptors (Lipinski definition) is 6. The second-order valence-electron chi connectivity index (χ2n) is 4.52. The largest absolute Gasteiger partial charge is 0.468 e. The molecule has 0 aliphatic heterocycles. The average Bonchev–Trinajstić information content (AvgIpc) is 2.47. The number of esters is 1. The predicted molar refractivity (Wildman–Crippen MR) is 83.0 cm³/mol. The summed E-state index contributed by atoms with van der Waals surface area (Å²) in [5, 5.41) is 4.72. The third-order valence-corrected chi connectivity index (χ3v) is 4.07. The summed E-state index contributed by atoms with van der Waals surface area (Å²) in [5.74, 6) is -0.696. The number of hydrogen-bond donors (Lipinski definition) is 4. The van der Waals surface area contributed by atoms with Crippen LogP contribution in [0, 0.1) is 6.92 Å². The molecule has 1 atom stereocenters. The molecule has 9 nitrogen and oxygen atoms in total. The Morgan fingerprint density at radius 1 is 1.43 bits per heavy atom. The van der Waals surface area contributed by atoms with Gasteiger partial charge in [-0.1, -0.05) is 11.6 Å². The molecule has 0 spiro atoms. The van der Waals surface area contributed by atoms with Gasteiger partial charge in [0, 0.05) is 17.3 Å². The van der Waals surface area contributed by atoms with Gasteiger partial charge in [-0.2, -0.15) is 8.42 Å². The Kier molecular flexibility index (Phi) is 6.33. The van der Waals surface area contributed by atoms with Gasteiger partial charge in [-0.15, -0.1) is 0 Å². The first-order chi connectivity index (χ1) is 10.6. The molecule has 0 fully saturated rings. The summed E-state index contributed by atoms with van der Waals surface area (Å²) in [7, 11) is -3.32. The van der Waals surface area contributed by atoms with Gasteiger partial charge in [0.05, 0.1) is 12.0 Å². The van der Waals surface area contributed by atoms with Gasteiger partial charge in [0.15, 0.2) is 0 Å². The number of ether oxygens (including phenoxy) is 1. The van der Waals surface area contributed by atoms with E-state index in [-0.39, 0.29) is 17.3 Å². The highest BCUT2D eigenvalue weighted by Gasteiger charge is 2.17. The average molecular weight is 366 g/mol.